The van der Waals surface area contributed by atoms with Crippen LogP contribution in [0.4, 0.5) is 4.39 Å². The highest BCUT2D eigenvalue weighted by atomic mass is 19.1. The molecular weight excluding hydrogens is 215 g/mol. The van der Waals surface area contributed by atoms with Crippen LogP contribution in [-0.2, 0) is 13.0 Å². The van der Waals surface area contributed by atoms with E-state index in [1.54, 1.807) is 6.07 Å². The molecule has 2 heterocycles. The zero-order chi connectivity index (χ0) is 11.7. The Hall–Kier alpha value is -0.930. The number of likely N-dealkylation sites (tertiary alicyclic amines) is 1. The lowest BCUT2D eigenvalue weighted by molar-refractivity contribution is 0.281. The summed E-state index contributed by atoms with van der Waals surface area (Å²) in [6.07, 6.45) is 3.62. The molecule has 1 aromatic carbocycles. The number of hydrogen-bond donors (Lipinski definition) is 1. The van der Waals surface area contributed by atoms with Crippen LogP contribution in [0.3, 0.4) is 0 Å². The first-order chi connectivity index (χ1) is 8.33. The van der Waals surface area contributed by atoms with Crippen LogP contribution in [0.25, 0.3) is 0 Å². The Morgan fingerprint density at radius 3 is 2.94 bits per heavy atom. The number of fused-ring (bicyclic) bond motifs is 1. The monoisotopic (exact) mass is 234 g/mol. The molecule has 1 fully saturated rings. The summed E-state index contributed by atoms with van der Waals surface area (Å²) < 4.78 is 13.6. The smallest absolute Gasteiger partial charge is 0.127 e. The van der Waals surface area contributed by atoms with Gasteiger partial charge in [-0.15, -0.1) is 0 Å². The second-order valence-electron chi connectivity index (χ2n) is 5.17. The van der Waals surface area contributed by atoms with E-state index in [2.05, 4.69) is 16.3 Å². The Morgan fingerprint density at radius 2 is 2.12 bits per heavy atom. The summed E-state index contributed by atoms with van der Waals surface area (Å²) >= 11 is 0. The molecule has 2 aliphatic heterocycles. The summed E-state index contributed by atoms with van der Waals surface area (Å²) in [5.41, 5.74) is 2.05. The van der Waals surface area contributed by atoms with Crippen LogP contribution >= 0.6 is 0 Å². The van der Waals surface area contributed by atoms with Gasteiger partial charge in [0.2, 0.25) is 0 Å². The lowest BCUT2D eigenvalue weighted by atomic mass is 9.95. The molecule has 3 rings (SSSR count). The summed E-state index contributed by atoms with van der Waals surface area (Å²) in [6, 6.07) is 5.94. The number of halogens is 1. The first kappa shape index (κ1) is 11.2. The molecule has 0 radical (unpaired) electrons. The minimum atomic E-state index is -0.0605. The van der Waals surface area contributed by atoms with Gasteiger partial charge >= 0.3 is 0 Å². The first-order valence-corrected chi connectivity index (χ1v) is 6.55. The van der Waals surface area contributed by atoms with Crippen molar-refractivity contribution in [3.8, 4) is 0 Å². The molecule has 0 aromatic heterocycles. The van der Waals surface area contributed by atoms with Gasteiger partial charge in [-0.1, -0.05) is 12.1 Å². The number of hydrogen-bond acceptors (Lipinski definition) is 2. The summed E-state index contributed by atoms with van der Waals surface area (Å²) in [5.74, 6) is -0.0605. The zero-order valence-electron chi connectivity index (χ0n) is 10.1. The first-order valence-electron chi connectivity index (χ1n) is 6.55. The fraction of sp³-hybridized carbons (Fsp3) is 0.571. The van der Waals surface area contributed by atoms with Crippen molar-refractivity contribution in [3.05, 3.63) is 35.1 Å². The largest absolute Gasteiger partial charge is 0.308 e. The maximum atomic E-state index is 13.6. The molecule has 1 saturated heterocycles. The SMILES string of the molecule is Fc1cccc2c1CNC(CN1CCCC1)C2. The van der Waals surface area contributed by atoms with Gasteiger partial charge in [-0.3, -0.25) is 0 Å². The molecule has 2 aliphatic rings. The molecule has 0 bridgehead atoms. The van der Waals surface area contributed by atoms with E-state index in [0.29, 0.717) is 12.6 Å². The number of nitrogens with one attached hydrogen (secondary N) is 1. The van der Waals surface area contributed by atoms with Gasteiger partial charge in [0.05, 0.1) is 0 Å². The van der Waals surface area contributed by atoms with Crippen molar-refractivity contribution < 1.29 is 4.39 Å². The van der Waals surface area contributed by atoms with E-state index < -0.39 is 0 Å². The second-order valence-corrected chi connectivity index (χ2v) is 5.17. The molecule has 1 aromatic rings. The topological polar surface area (TPSA) is 15.3 Å². The molecule has 17 heavy (non-hydrogen) atoms. The van der Waals surface area contributed by atoms with Crippen LogP contribution in [0.2, 0.25) is 0 Å². The number of rotatable bonds is 2. The molecule has 0 spiro atoms. The van der Waals surface area contributed by atoms with Gasteiger partial charge in [0.15, 0.2) is 0 Å². The molecule has 0 saturated carbocycles. The van der Waals surface area contributed by atoms with Gasteiger partial charge in [0.1, 0.15) is 5.82 Å². The van der Waals surface area contributed by atoms with Crippen molar-refractivity contribution in [3.63, 3.8) is 0 Å². The maximum Gasteiger partial charge on any atom is 0.127 e. The summed E-state index contributed by atoms with van der Waals surface area (Å²) in [6.45, 7) is 4.25. The third-order valence-electron chi connectivity index (χ3n) is 3.93. The highest BCUT2D eigenvalue weighted by molar-refractivity contribution is 5.31. The van der Waals surface area contributed by atoms with Crippen LogP contribution in [0.1, 0.15) is 24.0 Å². The summed E-state index contributed by atoms with van der Waals surface area (Å²) in [7, 11) is 0. The quantitative estimate of drug-likeness (QED) is 0.841. The second kappa shape index (κ2) is 4.75. The highest BCUT2D eigenvalue weighted by Crippen LogP contribution is 2.20. The van der Waals surface area contributed by atoms with Gasteiger partial charge in [-0.05, 0) is 44.0 Å². The summed E-state index contributed by atoms with van der Waals surface area (Å²) in [4.78, 5) is 2.52. The predicted octanol–water partition coefficient (Wildman–Crippen LogP) is 1.94. The fourth-order valence-electron chi connectivity index (χ4n) is 2.98. The molecule has 1 unspecified atom stereocenters. The average Bonchev–Trinajstić information content (AvgIpc) is 2.82. The normalized spacial score (nSPS) is 24.9. The van der Waals surface area contributed by atoms with Crippen molar-refractivity contribution in [1.29, 1.82) is 0 Å². The van der Waals surface area contributed by atoms with Gasteiger partial charge in [0.25, 0.3) is 0 Å². The van der Waals surface area contributed by atoms with Gasteiger partial charge in [-0.2, -0.15) is 0 Å². The molecule has 0 aliphatic carbocycles. The Kier molecular flexibility index (Phi) is 3.12. The van der Waals surface area contributed by atoms with E-state index >= 15 is 0 Å². The van der Waals surface area contributed by atoms with Crippen LogP contribution in [-0.4, -0.2) is 30.6 Å². The van der Waals surface area contributed by atoms with Crippen molar-refractivity contribution in [2.45, 2.75) is 31.8 Å². The van der Waals surface area contributed by atoms with E-state index in [9.17, 15) is 4.39 Å². The number of benzene rings is 1. The molecule has 3 heteroatoms. The van der Waals surface area contributed by atoms with E-state index in [1.165, 1.54) is 31.5 Å². The van der Waals surface area contributed by atoms with Crippen molar-refractivity contribution >= 4 is 0 Å². The van der Waals surface area contributed by atoms with Crippen molar-refractivity contribution in [1.82, 2.24) is 10.2 Å². The lowest BCUT2D eigenvalue weighted by Crippen LogP contribution is -2.44. The Balaban J connectivity index is 1.68. The Labute approximate surface area is 102 Å². The number of nitrogens with zero attached hydrogens (tertiary/aromatic N) is 1. The minimum absolute atomic E-state index is 0.0605. The Bertz CT molecular complexity index is 399. The van der Waals surface area contributed by atoms with Crippen molar-refractivity contribution in [2.24, 2.45) is 0 Å². The van der Waals surface area contributed by atoms with Crippen molar-refractivity contribution in [2.75, 3.05) is 19.6 Å². The predicted molar refractivity (Wildman–Crippen MR) is 66.4 cm³/mol. The van der Waals surface area contributed by atoms with E-state index in [4.69, 9.17) is 0 Å². The van der Waals surface area contributed by atoms with Crippen LogP contribution in [0, 0.1) is 5.82 Å². The Morgan fingerprint density at radius 1 is 1.29 bits per heavy atom. The molecule has 2 nitrogen and oxygen atoms in total. The van der Waals surface area contributed by atoms with E-state index in [1.807, 2.05) is 6.07 Å². The molecule has 1 N–H and O–H groups in total. The van der Waals surface area contributed by atoms with Crippen LogP contribution < -0.4 is 5.32 Å². The van der Waals surface area contributed by atoms with Crippen LogP contribution in [0.15, 0.2) is 18.2 Å². The molecule has 92 valence electrons. The van der Waals surface area contributed by atoms with Crippen LogP contribution in [0.5, 0.6) is 0 Å². The zero-order valence-corrected chi connectivity index (χ0v) is 10.1. The maximum absolute atomic E-state index is 13.6. The third-order valence-corrected chi connectivity index (χ3v) is 3.93. The lowest BCUT2D eigenvalue weighted by Gasteiger charge is -2.29. The highest BCUT2D eigenvalue weighted by Gasteiger charge is 2.23. The molecule has 1 atom stereocenters. The fourth-order valence-corrected chi connectivity index (χ4v) is 2.98. The standard InChI is InChI=1S/C14H19FN2/c15-14-5-3-4-11-8-12(16-9-13(11)14)10-17-6-1-2-7-17/h3-5,12,16H,1-2,6-10H2. The molecular formula is C14H19FN2. The van der Waals surface area contributed by atoms with E-state index in [-0.39, 0.29) is 5.82 Å². The molecule has 0 amide bonds. The van der Waals surface area contributed by atoms with Gasteiger partial charge in [0, 0.05) is 24.7 Å². The third kappa shape index (κ3) is 2.35. The average molecular weight is 234 g/mol. The van der Waals surface area contributed by atoms with E-state index in [0.717, 1.165) is 18.5 Å². The minimum Gasteiger partial charge on any atom is -0.308 e. The van der Waals surface area contributed by atoms with Gasteiger partial charge < -0.3 is 10.2 Å². The summed E-state index contributed by atoms with van der Waals surface area (Å²) in [5, 5.41) is 3.46. The van der Waals surface area contributed by atoms with Gasteiger partial charge in [-0.25, -0.2) is 4.39 Å².